The van der Waals surface area contributed by atoms with Gasteiger partial charge >= 0.3 is 0 Å². The maximum absolute atomic E-state index is 12.2. The van der Waals surface area contributed by atoms with E-state index in [0.29, 0.717) is 17.7 Å². The van der Waals surface area contributed by atoms with Crippen LogP contribution < -0.4 is 10.6 Å². The quantitative estimate of drug-likeness (QED) is 0.850. The number of carbonyl (C=O) groups is 1. The first-order valence-electron chi connectivity index (χ1n) is 8.33. The molecular weight excluding hydrogens is 347 g/mol. The second kappa shape index (κ2) is 9.44. The minimum Gasteiger partial charge on any atom is -0.368 e. The van der Waals surface area contributed by atoms with Gasteiger partial charge in [0, 0.05) is 32.3 Å². The number of hydrogen-bond donors (Lipinski definition) is 2. The van der Waals surface area contributed by atoms with E-state index in [1.165, 1.54) is 12.8 Å². The van der Waals surface area contributed by atoms with Crippen molar-refractivity contribution in [2.24, 2.45) is 5.41 Å². The van der Waals surface area contributed by atoms with Gasteiger partial charge in [-0.3, -0.25) is 4.79 Å². The van der Waals surface area contributed by atoms with Gasteiger partial charge in [0.1, 0.15) is 5.82 Å². The van der Waals surface area contributed by atoms with Crippen molar-refractivity contribution in [1.29, 1.82) is 0 Å². The van der Waals surface area contributed by atoms with Crippen LogP contribution in [-0.4, -0.2) is 48.5 Å². The molecule has 0 aliphatic carbocycles. The van der Waals surface area contributed by atoms with E-state index < -0.39 is 0 Å². The number of rotatable bonds is 4. The van der Waals surface area contributed by atoms with Gasteiger partial charge in [-0.25, -0.2) is 4.98 Å². The Labute approximate surface area is 156 Å². The molecule has 3 rings (SSSR count). The Kier molecular flexibility index (Phi) is 8.27. The maximum atomic E-state index is 12.2. The molecule has 7 heteroatoms. The number of carbonyl (C=O) groups excluding carboxylic acids is 1. The van der Waals surface area contributed by atoms with E-state index in [0.717, 1.165) is 50.5 Å². The van der Waals surface area contributed by atoms with Crippen molar-refractivity contribution < 1.29 is 4.79 Å². The van der Waals surface area contributed by atoms with Crippen LogP contribution in [0.3, 0.4) is 0 Å². The van der Waals surface area contributed by atoms with Crippen LogP contribution in [0.5, 0.6) is 0 Å². The van der Waals surface area contributed by atoms with E-state index in [-0.39, 0.29) is 24.8 Å². The first kappa shape index (κ1) is 21.0. The number of amides is 1. The van der Waals surface area contributed by atoms with E-state index >= 15 is 0 Å². The van der Waals surface area contributed by atoms with Crippen LogP contribution in [0.15, 0.2) is 18.3 Å². The highest BCUT2D eigenvalue weighted by Gasteiger charge is 2.39. The number of anilines is 1. The lowest BCUT2D eigenvalue weighted by Gasteiger charge is -2.45. The lowest BCUT2D eigenvalue weighted by molar-refractivity contribution is -0.138. The Balaban J connectivity index is 0.00000144. The number of aromatic nitrogens is 1. The number of piperidine rings is 2. The van der Waals surface area contributed by atoms with Crippen LogP contribution in [0.1, 0.15) is 31.2 Å². The molecule has 1 spiro atoms. The van der Waals surface area contributed by atoms with Gasteiger partial charge in [-0.1, -0.05) is 6.07 Å². The topological polar surface area (TPSA) is 57.3 Å². The van der Waals surface area contributed by atoms with Crippen LogP contribution >= 0.6 is 24.8 Å². The maximum Gasteiger partial charge on any atom is 0.222 e. The molecule has 0 aromatic carbocycles. The van der Waals surface area contributed by atoms with Crippen molar-refractivity contribution >= 4 is 36.5 Å². The summed E-state index contributed by atoms with van der Waals surface area (Å²) in [5, 5.41) is 6.78. The summed E-state index contributed by atoms with van der Waals surface area (Å²) in [6.45, 7) is 6.69. The summed E-state index contributed by atoms with van der Waals surface area (Å²) in [7, 11) is 0. The van der Waals surface area contributed by atoms with Crippen LogP contribution in [-0.2, 0) is 4.79 Å². The fraction of sp³-hybridized carbons (Fsp3) is 0.647. The van der Waals surface area contributed by atoms with E-state index in [1.807, 2.05) is 19.1 Å². The summed E-state index contributed by atoms with van der Waals surface area (Å²) < 4.78 is 0. The zero-order valence-corrected chi connectivity index (χ0v) is 15.8. The molecule has 2 saturated heterocycles. The minimum absolute atomic E-state index is 0. The fourth-order valence-corrected chi connectivity index (χ4v) is 3.65. The van der Waals surface area contributed by atoms with Crippen molar-refractivity contribution in [2.45, 2.75) is 32.6 Å². The average molecular weight is 375 g/mol. The molecule has 1 aromatic heterocycles. The van der Waals surface area contributed by atoms with E-state index in [4.69, 9.17) is 0 Å². The Morgan fingerprint density at radius 1 is 1.29 bits per heavy atom. The molecule has 0 radical (unpaired) electrons. The van der Waals surface area contributed by atoms with Gasteiger partial charge in [-0.15, -0.1) is 24.8 Å². The summed E-state index contributed by atoms with van der Waals surface area (Å²) in [6.07, 6.45) is 5.97. The molecular formula is C17H28Cl2N4O. The zero-order chi connectivity index (χ0) is 15.4. The second-order valence-electron chi connectivity index (χ2n) is 6.66. The van der Waals surface area contributed by atoms with Crippen LogP contribution in [0, 0.1) is 12.3 Å². The normalized spacial score (nSPS) is 19.4. The molecule has 2 aliphatic heterocycles. The van der Waals surface area contributed by atoms with Gasteiger partial charge in [0.2, 0.25) is 5.91 Å². The number of aryl methyl sites for hydroxylation is 1. The molecule has 2 fully saturated rings. The largest absolute Gasteiger partial charge is 0.368 e. The molecule has 5 nitrogen and oxygen atoms in total. The van der Waals surface area contributed by atoms with Gasteiger partial charge in [0.25, 0.3) is 0 Å². The number of hydrogen-bond acceptors (Lipinski definition) is 4. The number of nitrogens with zero attached hydrogens (tertiary/aromatic N) is 2. The monoisotopic (exact) mass is 374 g/mol. The molecule has 1 amide bonds. The summed E-state index contributed by atoms with van der Waals surface area (Å²) in [6, 6.07) is 3.99. The van der Waals surface area contributed by atoms with E-state index in [2.05, 4.69) is 20.5 Å². The van der Waals surface area contributed by atoms with Crippen molar-refractivity contribution in [3.63, 3.8) is 0 Å². The number of pyridine rings is 1. The molecule has 0 saturated carbocycles. The third-order valence-corrected chi connectivity index (χ3v) is 5.10. The minimum atomic E-state index is 0. The fourth-order valence-electron chi connectivity index (χ4n) is 3.65. The van der Waals surface area contributed by atoms with Crippen LogP contribution in [0.25, 0.3) is 0 Å². The van der Waals surface area contributed by atoms with E-state index in [9.17, 15) is 4.79 Å². The number of likely N-dealkylation sites (tertiary alicyclic amines) is 1. The van der Waals surface area contributed by atoms with Crippen molar-refractivity contribution in [1.82, 2.24) is 15.2 Å². The zero-order valence-electron chi connectivity index (χ0n) is 14.2. The Bertz CT molecular complexity index is 535. The lowest BCUT2D eigenvalue weighted by Crippen LogP contribution is -2.51. The molecule has 136 valence electrons. The molecule has 2 aliphatic rings. The highest BCUT2D eigenvalue weighted by Crippen LogP contribution is 2.38. The predicted molar refractivity (Wildman–Crippen MR) is 102 cm³/mol. The smallest absolute Gasteiger partial charge is 0.222 e. The number of nitrogens with one attached hydrogen (secondary N) is 2. The van der Waals surface area contributed by atoms with Gasteiger partial charge in [0.15, 0.2) is 0 Å². The Hall–Kier alpha value is -1.04. The highest BCUT2D eigenvalue weighted by atomic mass is 35.5. The average Bonchev–Trinajstić information content (AvgIpc) is 2.54. The molecule has 1 aromatic rings. The Morgan fingerprint density at radius 2 is 2.04 bits per heavy atom. The molecule has 0 unspecified atom stereocenters. The van der Waals surface area contributed by atoms with Crippen molar-refractivity contribution in [3.05, 3.63) is 23.9 Å². The predicted octanol–water partition coefficient (Wildman–Crippen LogP) is 2.64. The Morgan fingerprint density at radius 3 is 2.75 bits per heavy atom. The van der Waals surface area contributed by atoms with Gasteiger partial charge in [-0.2, -0.15) is 0 Å². The number of halogens is 2. The molecule has 3 heterocycles. The second-order valence-corrected chi connectivity index (χ2v) is 6.66. The van der Waals surface area contributed by atoms with Crippen molar-refractivity contribution in [2.75, 3.05) is 38.0 Å². The first-order valence-corrected chi connectivity index (χ1v) is 8.33. The summed E-state index contributed by atoms with van der Waals surface area (Å²) >= 11 is 0. The molecule has 0 bridgehead atoms. The van der Waals surface area contributed by atoms with Gasteiger partial charge in [0.05, 0.1) is 0 Å². The molecule has 2 N–H and O–H groups in total. The lowest BCUT2D eigenvalue weighted by atomic mass is 9.73. The molecule has 24 heavy (non-hydrogen) atoms. The first-order chi connectivity index (χ1) is 10.7. The molecule has 0 atom stereocenters. The summed E-state index contributed by atoms with van der Waals surface area (Å²) in [4.78, 5) is 18.6. The van der Waals surface area contributed by atoms with E-state index in [1.54, 1.807) is 6.20 Å². The third kappa shape index (κ3) is 4.98. The van der Waals surface area contributed by atoms with Gasteiger partial charge in [-0.05, 0) is 56.3 Å². The third-order valence-electron chi connectivity index (χ3n) is 5.10. The SMILES string of the molecule is Cc1cccnc1NCCN1CC2(CCNCC2)CCC1=O.Cl.Cl. The standard InChI is InChI=1S/C17H26N4O.2ClH/c1-14-3-2-8-19-16(14)20-11-12-21-13-17(5-4-15(21)22)6-9-18-10-7-17;;/h2-3,8,18H,4-7,9-13H2,1H3,(H,19,20);2*1H. The highest BCUT2D eigenvalue weighted by molar-refractivity contribution is 5.85. The van der Waals surface area contributed by atoms with Crippen LogP contribution in [0.4, 0.5) is 5.82 Å². The van der Waals surface area contributed by atoms with Crippen molar-refractivity contribution in [3.8, 4) is 0 Å². The van der Waals surface area contributed by atoms with Gasteiger partial charge < -0.3 is 15.5 Å². The van der Waals surface area contributed by atoms with Crippen LogP contribution in [0.2, 0.25) is 0 Å². The summed E-state index contributed by atoms with van der Waals surface area (Å²) in [5.41, 5.74) is 1.50. The summed E-state index contributed by atoms with van der Waals surface area (Å²) in [5.74, 6) is 1.23.